The number of aliphatic hydroxyl groups excluding tert-OH is 2. The number of Topliss-reactive ketones (excluding diaryl/α,β-unsaturated/α-hetero) is 1. The fourth-order valence-corrected chi connectivity index (χ4v) is 12.8. The number of benzene rings is 4. The van der Waals surface area contributed by atoms with Crippen LogP contribution in [0, 0.1) is 23.3 Å². The van der Waals surface area contributed by atoms with Crippen LogP contribution in [0.15, 0.2) is 150 Å². The second kappa shape index (κ2) is 45.5. The molecule has 5 N–H and O–H groups in total. The van der Waals surface area contributed by atoms with Gasteiger partial charge in [0, 0.05) is 106 Å². The van der Waals surface area contributed by atoms with E-state index in [1.807, 2.05) is 59.8 Å². The summed E-state index contributed by atoms with van der Waals surface area (Å²) in [5.41, 5.74) is -6.70. The number of aromatic nitrogens is 2. The Hall–Kier alpha value is -10.1. The maximum atomic E-state index is 13.8. The molecule has 26 nitrogen and oxygen atoms in total. The van der Waals surface area contributed by atoms with E-state index in [9.17, 15) is 91.3 Å². The van der Waals surface area contributed by atoms with Gasteiger partial charge in [0.05, 0.1) is 36.8 Å². The average molecular weight is 1800 g/mol. The maximum absolute atomic E-state index is 13.8. The Morgan fingerprint density at radius 3 is 1.49 bits per heavy atom. The lowest BCUT2D eigenvalue weighted by molar-refractivity contribution is -0.136. The molecule has 8 heterocycles. The first-order valence-corrected chi connectivity index (χ1v) is 40.1. The summed E-state index contributed by atoms with van der Waals surface area (Å²) in [6, 6.07) is 28.0. The highest BCUT2D eigenvalue weighted by molar-refractivity contribution is 7.87. The van der Waals surface area contributed by atoms with E-state index in [-0.39, 0.29) is 103 Å². The number of aromatic carboxylic acids is 1. The molecule has 1 radical (unpaired) electrons. The fraction of sp³-hybridized carbons (Fsp3) is 0.458. The Balaban J connectivity index is 0.000000258. The summed E-state index contributed by atoms with van der Waals surface area (Å²) in [5, 5.41) is 39.7. The maximum Gasteiger partial charge on any atom is 0.569 e. The molecule has 40 heteroatoms. The molecular formula is C83H101BCl2F10N7O19S. The number of carbonyl (C=O) groups excluding carboxylic acids is 5. The number of halogens is 12. The van der Waals surface area contributed by atoms with Crippen molar-refractivity contribution in [3.8, 4) is 16.9 Å². The van der Waals surface area contributed by atoms with Crippen molar-refractivity contribution in [2.24, 2.45) is 0 Å². The summed E-state index contributed by atoms with van der Waals surface area (Å²) in [7, 11) is -5.22. The number of piperidine rings is 3. The number of nitrogens with zero attached hydrogens (tertiary/aromatic N) is 6. The molecular weight excluding hydrogens is 1700 g/mol. The van der Waals surface area contributed by atoms with Crippen molar-refractivity contribution in [2.75, 3.05) is 65.4 Å². The van der Waals surface area contributed by atoms with Gasteiger partial charge in [-0.25, -0.2) is 46.5 Å². The van der Waals surface area contributed by atoms with E-state index >= 15 is 0 Å². The highest BCUT2D eigenvalue weighted by Gasteiger charge is 2.49. The van der Waals surface area contributed by atoms with Gasteiger partial charge in [-0.2, -0.15) is 34.8 Å². The van der Waals surface area contributed by atoms with Gasteiger partial charge in [0.15, 0.2) is 17.2 Å². The molecule has 5 aliphatic heterocycles. The van der Waals surface area contributed by atoms with Crippen LogP contribution in [0.3, 0.4) is 0 Å². The molecule has 4 aromatic carbocycles. The van der Waals surface area contributed by atoms with Gasteiger partial charge < -0.3 is 77.5 Å². The third-order valence-electron chi connectivity index (χ3n) is 17.7. The van der Waals surface area contributed by atoms with Gasteiger partial charge >= 0.3 is 59.8 Å². The number of ether oxygens (including phenoxy) is 4. The molecule has 0 saturated carbocycles. The Morgan fingerprint density at radius 1 is 0.585 bits per heavy atom. The number of furan rings is 1. The smallest absolute Gasteiger partial charge is 0.535 e. The topological polar surface area (TPSA) is 328 Å². The first-order chi connectivity index (χ1) is 56.8. The molecule has 0 bridgehead atoms. The molecule has 4 amide bonds. The number of fused-ring (bicyclic) bond motifs is 1. The molecule has 0 spiro atoms. The lowest BCUT2D eigenvalue weighted by atomic mass is 9.87. The van der Waals surface area contributed by atoms with Gasteiger partial charge in [-0.3, -0.25) is 9.20 Å². The molecule has 4 unspecified atom stereocenters. The molecule has 3 saturated heterocycles. The summed E-state index contributed by atoms with van der Waals surface area (Å²) in [6.45, 7) is 25.4. The number of hydrogen-bond donors (Lipinski definition) is 5. The number of nitrogens with one attached hydrogen (secondary N) is 1. The molecule has 7 aromatic rings. The van der Waals surface area contributed by atoms with Crippen LogP contribution >= 0.6 is 24.0 Å². The number of carboxylic acids is 1. The fourth-order valence-electron chi connectivity index (χ4n) is 12.0. The number of imidazole rings is 1. The summed E-state index contributed by atoms with van der Waals surface area (Å²) in [6.07, 6.45) is 1.90. The summed E-state index contributed by atoms with van der Waals surface area (Å²) in [5.74, 6) is -3.18. The molecule has 123 heavy (non-hydrogen) atoms. The van der Waals surface area contributed by atoms with Gasteiger partial charge in [-0.15, -0.1) is 12.4 Å². The van der Waals surface area contributed by atoms with E-state index in [2.05, 4.69) is 19.1 Å². The van der Waals surface area contributed by atoms with Gasteiger partial charge in [0.2, 0.25) is 0 Å². The van der Waals surface area contributed by atoms with Crippen molar-refractivity contribution in [3.63, 3.8) is 0 Å². The summed E-state index contributed by atoms with van der Waals surface area (Å²) >= 11 is 5.84. The van der Waals surface area contributed by atoms with Crippen molar-refractivity contribution < 1.29 is 134 Å². The number of hydrogen-bond acceptors (Lipinski definition) is 20. The van der Waals surface area contributed by atoms with Crippen molar-refractivity contribution in [3.05, 3.63) is 202 Å². The number of ketones is 1. The number of β-amino-alcohol motifs (C(OH)–C–C–N with tert-alkyl or cyclic N) is 2. The molecule has 5 aliphatic rings. The number of aliphatic hydroxyl groups is 2. The van der Waals surface area contributed by atoms with Crippen LogP contribution in [0.1, 0.15) is 166 Å². The van der Waals surface area contributed by atoms with Crippen molar-refractivity contribution in [1.29, 1.82) is 0 Å². The predicted molar refractivity (Wildman–Crippen MR) is 438 cm³/mol. The van der Waals surface area contributed by atoms with Crippen LogP contribution in [0.2, 0.25) is 5.15 Å². The molecule has 675 valence electrons. The molecule has 12 rings (SSSR count). The van der Waals surface area contributed by atoms with Crippen molar-refractivity contribution in [1.82, 2.24) is 34.3 Å². The molecule has 4 atom stereocenters. The van der Waals surface area contributed by atoms with Gasteiger partial charge in [-0.05, 0) is 174 Å². The van der Waals surface area contributed by atoms with E-state index in [1.54, 1.807) is 106 Å². The van der Waals surface area contributed by atoms with Crippen LogP contribution in [-0.4, -0.2) is 207 Å². The molecule has 0 aliphatic carbocycles. The highest BCUT2D eigenvalue weighted by Crippen LogP contribution is 2.39. The number of amides is 4. The Labute approximate surface area is 717 Å². The third-order valence-corrected chi connectivity index (χ3v) is 19.1. The average Bonchev–Trinajstić information content (AvgIpc) is 1.60. The van der Waals surface area contributed by atoms with E-state index in [0.717, 1.165) is 35.1 Å². The molecule has 3 fully saturated rings. The summed E-state index contributed by atoms with van der Waals surface area (Å²) < 4.78 is 186. The van der Waals surface area contributed by atoms with Crippen LogP contribution in [0.5, 0.6) is 5.75 Å². The Kier molecular flexibility index (Phi) is 38.3. The van der Waals surface area contributed by atoms with Gasteiger partial charge in [-0.1, -0.05) is 84.4 Å². The third kappa shape index (κ3) is 33.1. The zero-order valence-corrected chi connectivity index (χ0v) is 71.9. The number of likely N-dealkylation sites (tertiary alicyclic amines) is 2. The number of carbonyl (C=O) groups is 6. The quantitative estimate of drug-likeness (QED) is 0.0295. The summed E-state index contributed by atoms with van der Waals surface area (Å²) in [4.78, 5) is 78.5. The normalized spacial score (nSPS) is 17.5. The lowest BCUT2D eigenvalue weighted by Gasteiger charge is -2.36. The Bertz CT molecular complexity index is 4850. The van der Waals surface area contributed by atoms with Crippen LogP contribution in [0.25, 0.3) is 22.3 Å². The van der Waals surface area contributed by atoms with Crippen LogP contribution in [0.4, 0.5) is 63.1 Å². The standard InChI is InChI=1S/C16H22FNO3.C16H20FNO2.C13H6ClF3N2O3.C11H16F3NO5S.C11H14FNO.C10H17NO3.C6H5BFO2.ClH/c1-16(2,3)21-15(20)18-9-8-12(14(19)10-18)11-6-4-5-7-13(11)17;1-16(2,3)20-15(19)18-10-8-12(9-11-18)13-6-4-5-7-14(13)17;14-10-9(12(20)21)18-11-8(13(15,16)17)3-7(4-19(10)11)6-1-2-22-5-6;1-10(2,3)19-9(16)15-6-4-8(5-7-15)20-21(17,18)11(12,13)14;12-10-4-2-1-3-8(10)9-5-6-13-7-11(9)14;1-10(2,3)14-9(13)11-6-4-8(12)5-7-11;8-5-3-1-2-4-6(5)10-7-9;/h4-7,12,14,19H,8-10H2,1-3H3;4-8H,9-11H2,1-3H3;1-5H,(H,20,21);4H,5-7H2,1-3H3;1-4,9,11,13-14H,5-7H2;4-7H2,1-3H3;1-4,9H;1H. The zero-order chi connectivity index (χ0) is 91.0. The number of carboxylic acid groups (broad SMARTS) is 1. The first kappa shape index (κ1) is 103. The molecule has 3 aromatic heterocycles. The minimum Gasteiger partial charge on any atom is -0.535 e. The van der Waals surface area contributed by atoms with Crippen LogP contribution < -0.4 is 9.97 Å². The number of pyridine rings is 1. The van der Waals surface area contributed by atoms with E-state index in [4.69, 9.17) is 45.1 Å². The largest absolute Gasteiger partial charge is 0.569 e. The van der Waals surface area contributed by atoms with E-state index < -0.39 is 102 Å². The SMILES string of the molecule is CC(C)(C)OC(=O)N1CC=C(OS(=O)(=O)C(F)(F)F)CC1.CC(C)(C)OC(=O)N1CC=C(c2ccccc2F)CC1.CC(C)(C)OC(=O)N1CCC(=O)CC1.CC(C)(C)OC(=O)N1CCC(c2ccccc2F)C(O)C1.Cl.O=C(O)c1nc2c(C(F)(F)F)cc(-c3ccoc3)cn2c1Cl.OC1CNCCC1c1ccccc1F.O[B]Oc1ccccc1F. The van der Waals surface area contributed by atoms with Crippen molar-refractivity contribution >= 4 is 89.2 Å². The number of para-hydroxylation sites is 1. The Morgan fingerprint density at radius 2 is 1.06 bits per heavy atom. The monoisotopic (exact) mass is 1800 g/mol. The predicted octanol–water partition coefficient (Wildman–Crippen LogP) is 17.1. The van der Waals surface area contributed by atoms with Gasteiger partial charge in [0.25, 0.3) is 0 Å². The van der Waals surface area contributed by atoms with E-state index in [0.29, 0.717) is 94.9 Å². The minimum absolute atomic E-state index is 0. The van der Waals surface area contributed by atoms with Gasteiger partial charge in [0.1, 0.15) is 62.3 Å². The number of alkyl halides is 6. The van der Waals surface area contributed by atoms with E-state index in [1.165, 1.54) is 64.9 Å². The second-order valence-electron chi connectivity index (χ2n) is 31.9. The van der Waals surface area contributed by atoms with Crippen molar-refractivity contribution in [2.45, 2.75) is 180 Å². The second-order valence-corrected chi connectivity index (χ2v) is 33.8. The first-order valence-electron chi connectivity index (χ1n) is 38.3. The highest BCUT2D eigenvalue weighted by atomic mass is 35.5. The van der Waals surface area contributed by atoms with Crippen LogP contribution in [-0.2, 0) is 44.2 Å². The lowest BCUT2D eigenvalue weighted by Crippen LogP contribution is -2.47. The zero-order valence-electron chi connectivity index (χ0n) is 69.5. The number of rotatable bonds is 9. The minimum atomic E-state index is -5.67.